The van der Waals surface area contributed by atoms with Crippen LogP contribution in [0.25, 0.3) is 0 Å². The van der Waals surface area contributed by atoms with Crippen molar-refractivity contribution >= 4 is 29.9 Å². The normalized spacial score (nSPS) is 16.2. The van der Waals surface area contributed by atoms with Crippen LogP contribution in [0.2, 0.25) is 0 Å². The highest BCUT2D eigenvalue weighted by molar-refractivity contribution is 5.98. The molecule has 2 rings (SSSR count). The number of hydrogen-bond acceptors (Lipinski definition) is 3. The molecule has 0 atom stereocenters. The van der Waals surface area contributed by atoms with E-state index in [4.69, 9.17) is 5.73 Å². The number of nitrogens with one attached hydrogen (secondary N) is 1. The highest BCUT2D eigenvalue weighted by Crippen LogP contribution is 2.27. The first-order valence-corrected chi connectivity index (χ1v) is 8.71. The van der Waals surface area contributed by atoms with Gasteiger partial charge in [0.15, 0.2) is 0 Å². The molecule has 0 aliphatic heterocycles. The van der Waals surface area contributed by atoms with Crippen LogP contribution in [0.5, 0.6) is 0 Å². The Kier molecular flexibility index (Phi) is 8.10. The van der Waals surface area contributed by atoms with Crippen molar-refractivity contribution in [2.24, 2.45) is 5.73 Å². The topological polar surface area (TPSA) is 75.4 Å². The van der Waals surface area contributed by atoms with Gasteiger partial charge in [-0.05, 0) is 37.5 Å². The van der Waals surface area contributed by atoms with Crippen molar-refractivity contribution in [2.45, 2.75) is 57.3 Å². The first kappa shape index (κ1) is 23.2. The fraction of sp³-hybridized carbons (Fsp3) is 0.556. The van der Waals surface area contributed by atoms with Gasteiger partial charge < -0.3 is 16.0 Å². The molecule has 1 fully saturated rings. The van der Waals surface area contributed by atoms with Crippen LogP contribution in [-0.4, -0.2) is 35.0 Å². The molecule has 152 valence electrons. The van der Waals surface area contributed by atoms with Crippen LogP contribution in [0, 0.1) is 0 Å². The molecule has 1 saturated carbocycles. The molecule has 1 aromatic carbocycles. The summed E-state index contributed by atoms with van der Waals surface area (Å²) in [6.45, 7) is 1.23. The number of hydrogen-bond donors (Lipinski definition) is 2. The highest BCUT2D eigenvalue weighted by atomic mass is 35.5. The zero-order chi connectivity index (χ0) is 19.4. The second-order valence-corrected chi connectivity index (χ2v) is 6.69. The first-order valence-electron chi connectivity index (χ1n) is 8.71. The maximum absolute atomic E-state index is 12.6. The number of benzene rings is 1. The lowest BCUT2D eigenvalue weighted by Gasteiger charge is -2.31. The van der Waals surface area contributed by atoms with E-state index in [9.17, 15) is 22.8 Å². The van der Waals surface area contributed by atoms with Gasteiger partial charge in [0, 0.05) is 18.8 Å². The fourth-order valence-corrected chi connectivity index (χ4v) is 3.14. The molecule has 0 saturated heterocycles. The molecule has 1 aliphatic rings. The van der Waals surface area contributed by atoms with E-state index in [0.29, 0.717) is 29.0 Å². The van der Waals surface area contributed by atoms with Gasteiger partial charge in [-0.1, -0.05) is 31.4 Å². The van der Waals surface area contributed by atoms with Gasteiger partial charge in [-0.25, -0.2) is 0 Å². The summed E-state index contributed by atoms with van der Waals surface area (Å²) in [5.74, 6) is -2.16. The number of nitrogens with two attached hydrogens (primary N) is 1. The maximum atomic E-state index is 12.6. The van der Waals surface area contributed by atoms with Gasteiger partial charge in [0.05, 0.1) is 5.54 Å². The molecule has 0 bridgehead atoms. The number of carbonyl (C=O) groups excluding carboxylic acids is 2. The van der Waals surface area contributed by atoms with E-state index < -0.39 is 17.6 Å². The Morgan fingerprint density at radius 1 is 1.22 bits per heavy atom. The molecule has 1 aromatic rings. The van der Waals surface area contributed by atoms with E-state index in [2.05, 4.69) is 5.32 Å². The van der Waals surface area contributed by atoms with Crippen LogP contribution in [0.4, 0.5) is 18.9 Å². The number of halogens is 4. The Balaban J connectivity index is 0.00000364. The smallest absolute Gasteiger partial charge is 0.331 e. The van der Waals surface area contributed by atoms with E-state index >= 15 is 0 Å². The number of carbonyl (C=O) groups is 2. The number of amides is 2. The second-order valence-electron chi connectivity index (χ2n) is 6.69. The number of alkyl halides is 3. The van der Waals surface area contributed by atoms with E-state index in [-0.39, 0.29) is 31.4 Å². The predicted octanol–water partition coefficient (Wildman–Crippen LogP) is 3.62. The lowest BCUT2D eigenvalue weighted by atomic mass is 9.82. The van der Waals surface area contributed by atoms with Crippen molar-refractivity contribution in [3.8, 4) is 0 Å². The summed E-state index contributed by atoms with van der Waals surface area (Å²) in [4.78, 5) is 24.6. The maximum Gasteiger partial charge on any atom is 0.471 e. The van der Waals surface area contributed by atoms with Crippen molar-refractivity contribution in [1.82, 2.24) is 4.90 Å². The minimum Gasteiger partial charge on any atom is -0.331 e. The third-order valence-electron chi connectivity index (χ3n) is 4.67. The van der Waals surface area contributed by atoms with Gasteiger partial charge in [-0.2, -0.15) is 13.2 Å². The Hall–Kier alpha value is -1.80. The summed E-state index contributed by atoms with van der Waals surface area (Å²) < 4.78 is 37.9. The molecule has 0 radical (unpaired) electrons. The van der Waals surface area contributed by atoms with Crippen molar-refractivity contribution < 1.29 is 22.8 Å². The minimum atomic E-state index is -4.91. The molecule has 5 nitrogen and oxygen atoms in total. The second kappa shape index (κ2) is 9.41. The van der Waals surface area contributed by atoms with Crippen LogP contribution in [-0.2, 0) is 16.1 Å². The molecule has 1 aliphatic carbocycles. The largest absolute Gasteiger partial charge is 0.471 e. The number of rotatable bonds is 5. The standard InChI is InChI=1S/C18H24F3N3O2.ClH/c1-2-24(16(26)18(19,20)21)12-13-7-6-8-14(11-13)23-15(25)17(22)9-4-3-5-10-17;/h6-8,11H,2-5,9-10,12,22H2,1H3,(H,23,25);1H. The van der Waals surface area contributed by atoms with Gasteiger partial charge in [0.1, 0.15) is 0 Å². The Morgan fingerprint density at radius 2 is 1.85 bits per heavy atom. The minimum absolute atomic E-state index is 0. The van der Waals surface area contributed by atoms with Gasteiger partial charge in [0.2, 0.25) is 5.91 Å². The van der Waals surface area contributed by atoms with E-state index in [1.165, 1.54) is 6.92 Å². The van der Waals surface area contributed by atoms with Crippen LogP contribution in [0.3, 0.4) is 0 Å². The summed E-state index contributed by atoms with van der Waals surface area (Å²) in [6, 6.07) is 6.45. The average molecular weight is 408 g/mol. The molecule has 0 unspecified atom stereocenters. The molecular formula is C18H25ClF3N3O2. The Labute approximate surface area is 162 Å². The third kappa shape index (κ3) is 6.10. The monoisotopic (exact) mass is 407 g/mol. The summed E-state index contributed by atoms with van der Waals surface area (Å²) >= 11 is 0. The first-order chi connectivity index (χ1) is 12.2. The van der Waals surface area contributed by atoms with Crippen molar-refractivity contribution in [2.75, 3.05) is 11.9 Å². The molecule has 0 spiro atoms. The van der Waals surface area contributed by atoms with Gasteiger partial charge in [-0.3, -0.25) is 9.59 Å². The van der Waals surface area contributed by atoms with Crippen molar-refractivity contribution in [1.29, 1.82) is 0 Å². The number of anilines is 1. The highest BCUT2D eigenvalue weighted by Gasteiger charge is 2.42. The van der Waals surface area contributed by atoms with Gasteiger partial charge in [0.25, 0.3) is 0 Å². The van der Waals surface area contributed by atoms with E-state index in [1.807, 2.05) is 0 Å². The van der Waals surface area contributed by atoms with E-state index in [1.54, 1.807) is 24.3 Å². The SMILES string of the molecule is CCN(Cc1cccc(NC(=O)C2(N)CCCCC2)c1)C(=O)C(F)(F)F.Cl. The Bertz CT molecular complexity index is 661. The van der Waals surface area contributed by atoms with Crippen LogP contribution in [0.1, 0.15) is 44.6 Å². The molecule has 0 heterocycles. The predicted molar refractivity (Wildman–Crippen MR) is 99.5 cm³/mol. The molecule has 0 aromatic heterocycles. The molecule has 2 amide bonds. The molecule has 27 heavy (non-hydrogen) atoms. The molecule has 3 N–H and O–H groups in total. The van der Waals surface area contributed by atoms with Crippen LogP contribution >= 0.6 is 12.4 Å². The molecular weight excluding hydrogens is 383 g/mol. The van der Waals surface area contributed by atoms with Gasteiger partial charge in [-0.15, -0.1) is 12.4 Å². The van der Waals surface area contributed by atoms with Crippen LogP contribution in [0.15, 0.2) is 24.3 Å². The van der Waals surface area contributed by atoms with Gasteiger partial charge >= 0.3 is 12.1 Å². The third-order valence-corrected chi connectivity index (χ3v) is 4.67. The van der Waals surface area contributed by atoms with Crippen LogP contribution < -0.4 is 11.1 Å². The zero-order valence-corrected chi connectivity index (χ0v) is 16.0. The summed E-state index contributed by atoms with van der Waals surface area (Å²) in [6.07, 6.45) is -0.828. The summed E-state index contributed by atoms with van der Waals surface area (Å²) in [7, 11) is 0. The summed E-state index contributed by atoms with van der Waals surface area (Å²) in [5, 5.41) is 2.75. The fourth-order valence-electron chi connectivity index (χ4n) is 3.14. The Morgan fingerprint density at radius 3 is 2.41 bits per heavy atom. The lowest BCUT2D eigenvalue weighted by Crippen LogP contribution is -2.52. The van der Waals surface area contributed by atoms with Crippen molar-refractivity contribution in [3.63, 3.8) is 0 Å². The zero-order valence-electron chi connectivity index (χ0n) is 15.1. The van der Waals surface area contributed by atoms with E-state index in [0.717, 1.165) is 19.3 Å². The molecule has 9 heteroatoms. The lowest BCUT2D eigenvalue weighted by molar-refractivity contribution is -0.185. The van der Waals surface area contributed by atoms with Crippen molar-refractivity contribution in [3.05, 3.63) is 29.8 Å². The number of nitrogens with zero attached hydrogens (tertiary/aromatic N) is 1. The average Bonchev–Trinajstić information content (AvgIpc) is 2.59. The quantitative estimate of drug-likeness (QED) is 0.782. The summed E-state index contributed by atoms with van der Waals surface area (Å²) in [5.41, 5.74) is 6.24.